The molecule has 2 aromatic rings. The molecular weight excluding hydrogens is 238 g/mol. The van der Waals surface area contributed by atoms with Gasteiger partial charge < -0.3 is 14.6 Å². The molecule has 0 aliphatic rings. The first kappa shape index (κ1) is 13.9. The predicted molar refractivity (Wildman–Crippen MR) is 78.7 cm³/mol. The van der Waals surface area contributed by atoms with Gasteiger partial charge in [0.05, 0.1) is 18.1 Å². The van der Waals surface area contributed by atoms with Crippen LogP contribution in [-0.4, -0.2) is 28.7 Å². The number of hydrogen-bond donors (Lipinski definition) is 1. The number of hydrogen-bond acceptors (Lipinski definition) is 3. The zero-order valence-electron chi connectivity index (χ0n) is 12.4. The van der Waals surface area contributed by atoms with Crippen molar-refractivity contribution < 1.29 is 4.74 Å². The number of methoxy groups -OCH3 is 1. The van der Waals surface area contributed by atoms with Crippen LogP contribution in [0.4, 0.5) is 0 Å². The van der Waals surface area contributed by atoms with Crippen molar-refractivity contribution in [1.82, 2.24) is 14.9 Å². The molecule has 0 saturated carbocycles. The van der Waals surface area contributed by atoms with Gasteiger partial charge in [0.2, 0.25) is 0 Å². The van der Waals surface area contributed by atoms with E-state index >= 15 is 0 Å². The Morgan fingerprint density at radius 1 is 1.32 bits per heavy atom. The van der Waals surface area contributed by atoms with Gasteiger partial charge in [-0.15, -0.1) is 0 Å². The molecule has 0 radical (unpaired) electrons. The maximum atomic E-state index is 5.24. The van der Waals surface area contributed by atoms with E-state index in [9.17, 15) is 0 Å². The molecule has 0 saturated heterocycles. The van der Waals surface area contributed by atoms with Gasteiger partial charge in [-0.2, -0.15) is 0 Å². The lowest BCUT2D eigenvalue weighted by molar-refractivity contribution is 0.415. The molecule has 0 unspecified atom stereocenters. The zero-order valence-corrected chi connectivity index (χ0v) is 12.4. The van der Waals surface area contributed by atoms with Crippen molar-refractivity contribution in [3.8, 4) is 5.75 Å². The Morgan fingerprint density at radius 2 is 2.05 bits per heavy atom. The maximum Gasteiger partial charge on any atom is 0.121 e. The highest BCUT2D eigenvalue weighted by atomic mass is 16.5. The van der Waals surface area contributed by atoms with Crippen LogP contribution in [0.2, 0.25) is 0 Å². The fourth-order valence-corrected chi connectivity index (χ4v) is 2.13. The van der Waals surface area contributed by atoms with Gasteiger partial charge in [0.25, 0.3) is 0 Å². The minimum atomic E-state index is 0.147. The van der Waals surface area contributed by atoms with E-state index in [4.69, 9.17) is 4.74 Å². The van der Waals surface area contributed by atoms with Crippen LogP contribution in [0.3, 0.4) is 0 Å². The van der Waals surface area contributed by atoms with Crippen LogP contribution in [0.25, 0.3) is 11.0 Å². The fourth-order valence-electron chi connectivity index (χ4n) is 2.13. The summed E-state index contributed by atoms with van der Waals surface area (Å²) in [5, 5.41) is 3.49. The number of rotatable bonds is 4. The highest BCUT2D eigenvalue weighted by Crippen LogP contribution is 2.21. The Bertz CT molecular complexity index is 567. The monoisotopic (exact) mass is 261 g/mol. The molecule has 1 aromatic heterocycles. The molecule has 0 fully saturated rings. The molecule has 0 aliphatic heterocycles. The normalized spacial score (nSPS) is 12.1. The smallest absolute Gasteiger partial charge is 0.121 e. The van der Waals surface area contributed by atoms with Gasteiger partial charge in [-0.3, -0.25) is 0 Å². The Balaban J connectivity index is 2.17. The summed E-state index contributed by atoms with van der Waals surface area (Å²) in [6.45, 7) is 7.45. The summed E-state index contributed by atoms with van der Waals surface area (Å²) in [5.74, 6) is 1.95. The van der Waals surface area contributed by atoms with Crippen LogP contribution in [-0.2, 0) is 13.5 Å². The van der Waals surface area contributed by atoms with Crippen molar-refractivity contribution in [2.24, 2.45) is 7.05 Å². The molecule has 19 heavy (non-hydrogen) atoms. The maximum absolute atomic E-state index is 5.24. The molecule has 0 aliphatic carbocycles. The molecule has 0 spiro atoms. The topological polar surface area (TPSA) is 39.1 Å². The lowest BCUT2D eigenvalue weighted by Gasteiger charge is -2.20. The van der Waals surface area contributed by atoms with Gasteiger partial charge in [0.15, 0.2) is 0 Å². The SMILES string of the molecule is COc1ccc2c(c1)nc(CCNC(C)(C)C)n2C. The zero-order chi connectivity index (χ0) is 14.0. The second-order valence-electron chi connectivity index (χ2n) is 5.87. The van der Waals surface area contributed by atoms with Crippen molar-refractivity contribution in [3.05, 3.63) is 24.0 Å². The van der Waals surface area contributed by atoms with Crippen LogP contribution in [0.15, 0.2) is 18.2 Å². The molecule has 1 aromatic carbocycles. The van der Waals surface area contributed by atoms with Gasteiger partial charge in [-0.05, 0) is 32.9 Å². The third-order valence-electron chi connectivity index (χ3n) is 3.18. The van der Waals surface area contributed by atoms with Crippen molar-refractivity contribution in [3.63, 3.8) is 0 Å². The van der Waals surface area contributed by atoms with Crippen LogP contribution in [0.1, 0.15) is 26.6 Å². The number of nitrogens with zero attached hydrogens (tertiary/aromatic N) is 2. The Kier molecular flexibility index (Phi) is 3.80. The first-order valence-corrected chi connectivity index (χ1v) is 6.65. The van der Waals surface area contributed by atoms with Crippen LogP contribution < -0.4 is 10.1 Å². The van der Waals surface area contributed by atoms with E-state index in [-0.39, 0.29) is 5.54 Å². The summed E-state index contributed by atoms with van der Waals surface area (Å²) in [7, 11) is 3.74. The molecule has 104 valence electrons. The number of fused-ring (bicyclic) bond motifs is 1. The quantitative estimate of drug-likeness (QED) is 0.919. The van der Waals surface area contributed by atoms with Gasteiger partial charge >= 0.3 is 0 Å². The Labute approximate surface area is 114 Å². The molecule has 0 atom stereocenters. The second-order valence-corrected chi connectivity index (χ2v) is 5.87. The lowest BCUT2D eigenvalue weighted by Crippen LogP contribution is -2.37. The highest BCUT2D eigenvalue weighted by Gasteiger charge is 2.11. The Morgan fingerprint density at radius 3 is 2.68 bits per heavy atom. The third kappa shape index (κ3) is 3.26. The van der Waals surface area contributed by atoms with Gasteiger partial charge in [-0.25, -0.2) is 4.98 Å². The van der Waals surface area contributed by atoms with Gasteiger partial charge in [0, 0.05) is 31.6 Å². The van der Waals surface area contributed by atoms with Crippen molar-refractivity contribution in [2.45, 2.75) is 32.7 Å². The van der Waals surface area contributed by atoms with Crippen LogP contribution in [0, 0.1) is 0 Å². The van der Waals surface area contributed by atoms with E-state index in [0.29, 0.717) is 0 Å². The summed E-state index contributed by atoms with van der Waals surface area (Å²) in [6.07, 6.45) is 0.921. The number of aryl methyl sites for hydroxylation is 1. The number of nitrogens with one attached hydrogen (secondary N) is 1. The summed E-state index contributed by atoms with van der Waals surface area (Å²) in [5.41, 5.74) is 2.28. The Hall–Kier alpha value is -1.55. The number of aromatic nitrogens is 2. The molecular formula is C15H23N3O. The summed E-state index contributed by atoms with van der Waals surface area (Å²) >= 11 is 0. The summed E-state index contributed by atoms with van der Waals surface area (Å²) in [6, 6.07) is 6.01. The first-order chi connectivity index (χ1) is 8.90. The lowest BCUT2D eigenvalue weighted by atomic mass is 10.1. The van der Waals surface area contributed by atoms with E-state index in [1.165, 1.54) is 0 Å². The molecule has 2 rings (SSSR count). The van der Waals surface area contributed by atoms with Gasteiger partial charge in [-0.1, -0.05) is 0 Å². The standard InChI is InChI=1S/C15H23N3O/c1-15(2,3)16-9-8-14-17-12-10-11(19-5)6-7-13(12)18(14)4/h6-7,10,16H,8-9H2,1-5H3. The molecule has 4 nitrogen and oxygen atoms in total. The van der Waals surface area contributed by atoms with Crippen LogP contribution in [0.5, 0.6) is 5.75 Å². The largest absolute Gasteiger partial charge is 0.497 e. The third-order valence-corrected chi connectivity index (χ3v) is 3.18. The molecule has 1 heterocycles. The van der Waals surface area contributed by atoms with Gasteiger partial charge in [0.1, 0.15) is 11.6 Å². The van der Waals surface area contributed by atoms with Crippen LogP contribution >= 0.6 is 0 Å². The molecule has 1 N–H and O–H groups in total. The van der Waals surface area contributed by atoms with Crippen molar-refractivity contribution in [1.29, 1.82) is 0 Å². The summed E-state index contributed by atoms with van der Waals surface area (Å²) < 4.78 is 7.39. The van der Waals surface area contributed by atoms with E-state index in [1.807, 2.05) is 12.1 Å². The molecule has 0 amide bonds. The average Bonchev–Trinajstić information content (AvgIpc) is 2.64. The van der Waals surface area contributed by atoms with E-state index in [1.54, 1.807) is 7.11 Å². The highest BCUT2D eigenvalue weighted by molar-refractivity contribution is 5.77. The second kappa shape index (κ2) is 5.21. The van der Waals surface area contributed by atoms with Crippen molar-refractivity contribution in [2.75, 3.05) is 13.7 Å². The van der Waals surface area contributed by atoms with E-state index < -0.39 is 0 Å². The number of benzene rings is 1. The minimum Gasteiger partial charge on any atom is -0.497 e. The van der Waals surface area contributed by atoms with E-state index in [2.05, 4.69) is 48.8 Å². The molecule has 0 bridgehead atoms. The number of ether oxygens (including phenoxy) is 1. The molecule has 4 heteroatoms. The fraction of sp³-hybridized carbons (Fsp3) is 0.533. The summed E-state index contributed by atoms with van der Waals surface area (Å²) in [4.78, 5) is 4.68. The van der Waals surface area contributed by atoms with Crippen molar-refractivity contribution >= 4 is 11.0 Å². The van der Waals surface area contributed by atoms with E-state index in [0.717, 1.165) is 35.6 Å². The minimum absolute atomic E-state index is 0.147. The average molecular weight is 261 g/mol. The predicted octanol–water partition coefficient (Wildman–Crippen LogP) is 2.51. The number of imidazole rings is 1. The first-order valence-electron chi connectivity index (χ1n) is 6.65.